The number of sulfonamides is 1. The van der Waals surface area contributed by atoms with Crippen LogP contribution in [0, 0.1) is 11.8 Å². The maximum atomic E-state index is 12.8. The average Bonchev–Trinajstić information content (AvgIpc) is 3.22. The molecule has 0 bridgehead atoms. The smallest absolute Gasteiger partial charge is 0.255 e. The zero-order valence-corrected chi connectivity index (χ0v) is 15.1. The molecule has 1 saturated heterocycles. The highest BCUT2D eigenvalue weighted by Crippen LogP contribution is 2.36. The Balaban J connectivity index is 1.82. The number of rotatable bonds is 7. The van der Waals surface area contributed by atoms with Gasteiger partial charge in [0.15, 0.2) is 0 Å². The third kappa shape index (κ3) is 4.50. The molecule has 2 atom stereocenters. The molecule has 138 valence electrons. The maximum absolute atomic E-state index is 12.8. The molecule has 3 rings (SSSR count). The van der Waals surface area contributed by atoms with E-state index in [9.17, 15) is 13.2 Å². The lowest BCUT2D eigenvalue weighted by Crippen LogP contribution is -2.41. The van der Waals surface area contributed by atoms with Crippen LogP contribution in [-0.2, 0) is 10.0 Å². The molecule has 2 unspecified atom stereocenters. The van der Waals surface area contributed by atoms with Gasteiger partial charge in [0.1, 0.15) is 5.75 Å². The van der Waals surface area contributed by atoms with E-state index in [0.717, 1.165) is 25.9 Å². The zero-order valence-electron chi connectivity index (χ0n) is 14.3. The third-order valence-corrected chi connectivity index (χ3v) is 5.92. The van der Waals surface area contributed by atoms with Crippen LogP contribution in [0.3, 0.4) is 0 Å². The molecule has 1 saturated carbocycles. The maximum Gasteiger partial charge on any atom is 0.255 e. The summed E-state index contributed by atoms with van der Waals surface area (Å²) in [6.45, 7) is 1.86. The number of hydrogen-bond acceptors (Lipinski definition) is 5. The second kappa shape index (κ2) is 7.31. The molecular formula is C17H25N3O4S. The number of methoxy groups -OCH3 is 1. The Morgan fingerprint density at radius 1 is 1.40 bits per heavy atom. The van der Waals surface area contributed by atoms with Gasteiger partial charge in [-0.15, -0.1) is 0 Å². The largest absolute Gasteiger partial charge is 0.496 e. The van der Waals surface area contributed by atoms with Crippen LogP contribution >= 0.6 is 0 Å². The molecule has 2 aliphatic rings. The van der Waals surface area contributed by atoms with Crippen molar-refractivity contribution in [3.8, 4) is 5.75 Å². The fraction of sp³-hybridized carbons (Fsp3) is 0.588. The van der Waals surface area contributed by atoms with Crippen LogP contribution < -0.4 is 20.5 Å². The summed E-state index contributed by atoms with van der Waals surface area (Å²) < 4.78 is 28.4. The van der Waals surface area contributed by atoms with Crippen molar-refractivity contribution in [3.05, 3.63) is 23.8 Å². The van der Waals surface area contributed by atoms with Gasteiger partial charge >= 0.3 is 0 Å². The van der Waals surface area contributed by atoms with Gasteiger partial charge in [-0.3, -0.25) is 4.79 Å². The second-order valence-corrected chi connectivity index (χ2v) is 8.48. The minimum atomic E-state index is -3.88. The second-order valence-electron chi connectivity index (χ2n) is 6.92. The standard InChI is InChI=1S/C17H25N3O4S/c1-24-16-5-4-13(25(18,22)23)9-14(16)17(21)20-15(8-11-2-3-11)12-6-7-19-10-12/h4-5,9,11-12,15,19H,2-3,6-8,10H2,1H3,(H,20,21)(H2,18,22,23). The van der Waals surface area contributed by atoms with Gasteiger partial charge in [-0.25, -0.2) is 13.6 Å². The molecule has 4 N–H and O–H groups in total. The molecule has 1 aromatic rings. The van der Waals surface area contributed by atoms with Gasteiger partial charge in [0.2, 0.25) is 10.0 Å². The van der Waals surface area contributed by atoms with Crippen molar-refractivity contribution in [1.82, 2.24) is 10.6 Å². The van der Waals surface area contributed by atoms with E-state index in [1.165, 1.54) is 38.2 Å². The van der Waals surface area contributed by atoms with Crippen LogP contribution in [-0.4, -0.2) is 40.6 Å². The van der Waals surface area contributed by atoms with E-state index >= 15 is 0 Å². The predicted octanol–water partition coefficient (Wildman–Crippen LogP) is 0.851. The van der Waals surface area contributed by atoms with E-state index in [0.29, 0.717) is 17.6 Å². The molecule has 0 radical (unpaired) electrons. The Morgan fingerprint density at radius 2 is 2.16 bits per heavy atom. The lowest BCUT2D eigenvalue weighted by molar-refractivity contribution is 0.0916. The van der Waals surface area contributed by atoms with Gasteiger partial charge in [0.05, 0.1) is 17.6 Å². The number of primary sulfonamides is 1. The summed E-state index contributed by atoms with van der Waals surface area (Å²) in [7, 11) is -2.43. The van der Waals surface area contributed by atoms with Crippen LogP contribution in [0.2, 0.25) is 0 Å². The van der Waals surface area contributed by atoms with Gasteiger partial charge in [0, 0.05) is 6.04 Å². The molecule has 1 aromatic carbocycles. The minimum Gasteiger partial charge on any atom is -0.496 e. The topological polar surface area (TPSA) is 111 Å². The Labute approximate surface area is 148 Å². The van der Waals surface area contributed by atoms with E-state index in [4.69, 9.17) is 9.88 Å². The van der Waals surface area contributed by atoms with Crippen LogP contribution in [0.4, 0.5) is 0 Å². The Kier molecular flexibility index (Phi) is 5.31. The fourth-order valence-electron chi connectivity index (χ4n) is 3.39. The summed E-state index contributed by atoms with van der Waals surface area (Å²) in [4.78, 5) is 12.7. The molecule has 7 nitrogen and oxygen atoms in total. The first-order valence-corrected chi connectivity index (χ1v) is 10.2. The number of carbonyl (C=O) groups is 1. The highest BCUT2D eigenvalue weighted by atomic mass is 32.2. The number of ether oxygens (including phenoxy) is 1. The molecular weight excluding hydrogens is 342 g/mol. The van der Waals surface area contributed by atoms with Gasteiger partial charge in [-0.05, 0) is 56.0 Å². The minimum absolute atomic E-state index is 0.0813. The van der Waals surface area contributed by atoms with Gasteiger partial charge < -0.3 is 15.4 Å². The normalized spacial score (nSPS) is 21.8. The Hall–Kier alpha value is -1.64. The first-order valence-electron chi connectivity index (χ1n) is 8.61. The van der Waals surface area contributed by atoms with Gasteiger partial charge in [-0.1, -0.05) is 12.8 Å². The van der Waals surface area contributed by atoms with Crippen molar-refractivity contribution in [2.24, 2.45) is 17.0 Å². The first kappa shape index (κ1) is 18.2. The summed E-state index contributed by atoms with van der Waals surface area (Å²) in [6.07, 6.45) is 4.44. The van der Waals surface area contributed by atoms with E-state index in [2.05, 4.69) is 10.6 Å². The van der Waals surface area contributed by atoms with E-state index in [1.807, 2.05) is 0 Å². The Bertz CT molecular complexity index is 740. The molecule has 0 spiro atoms. The molecule has 1 amide bonds. The van der Waals surface area contributed by atoms with Crippen molar-refractivity contribution < 1.29 is 17.9 Å². The summed E-state index contributed by atoms with van der Waals surface area (Å²) in [5.41, 5.74) is 0.195. The first-order chi connectivity index (χ1) is 11.9. The lowest BCUT2D eigenvalue weighted by Gasteiger charge is -2.25. The Morgan fingerprint density at radius 3 is 2.72 bits per heavy atom. The highest BCUT2D eigenvalue weighted by molar-refractivity contribution is 7.89. The van der Waals surface area contributed by atoms with Gasteiger partial charge in [0.25, 0.3) is 5.91 Å². The molecule has 8 heteroatoms. The monoisotopic (exact) mass is 367 g/mol. The summed E-state index contributed by atoms with van der Waals surface area (Å²) in [5, 5.41) is 11.6. The zero-order chi connectivity index (χ0) is 18.0. The third-order valence-electron chi connectivity index (χ3n) is 5.01. The van der Waals surface area contributed by atoms with Crippen LogP contribution in [0.5, 0.6) is 5.75 Å². The van der Waals surface area contributed by atoms with Crippen LogP contribution in [0.15, 0.2) is 23.1 Å². The quantitative estimate of drug-likeness (QED) is 0.662. The number of benzene rings is 1. The van der Waals surface area contributed by atoms with E-state index < -0.39 is 10.0 Å². The molecule has 1 aliphatic carbocycles. The van der Waals surface area contributed by atoms with E-state index in [-0.39, 0.29) is 22.4 Å². The van der Waals surface area contributed by atoms with Crippen molar-refractivity contribution in [1.29, 1.82) is 0 Å². The summed E-state index contributed by atoms with van der Waals surface area (Å²) in [6, 6.07) is 4.16. The summed E-state index contributed by atoms with van der Waals surface area (Å²) in [5.74, 6) is 1.10. The fourth-order valence-corrected chi connectivity index (χ4v) is 3.93. The van der Waals surface area contributed by atoms with Crippen LogP contribution in [0.1, 0.15) is 36.0 Å². The SMILES string of the molecule is COc1ccc(S(N)(=O)=O)cc1C(=O)NC(CC1CC1)C1CCNC1. The van der Waals surface area contributed by atoms with Gasteiger partial charge in [-0.2, -0.15) is 0 Å². The highest BCUT2D eigenvalue weighted by Gasteiger charge is 2.33. The van der Waals surface area contributed by atoms with Crippen LogP contribution in [0.25, 0.3) is 0 Å². The lowest BCUT2D eigenvalue weighted by atomic mass is 9.93. The molecule has 1 aliphatic heterocycles. The molecule has 0 aromatic heterocycles. The number of carbonyl (C=O) groups excluding carboxylic acids is 1. The number of nitrogens with one attached hydrogen (secondary N) is 2. The van der Waals surface area contributed by atoms with Crippen molar-refractivity contribution in [3.63, 3.8) is 0 Å². The molecule has 1 heterocycles. The summed E-state index contributed by atoms with van der Waals surface area (Å²) >= 11 is 0. The molecule has 25 heavy (non-hydrogen) atoms. The van der Waals surface area contributed by atoms with Crippen molar-refractivity contribution >= 4 is 15.9 Å². The predicted molar refractivity (Wildman–Crippen MR) is 93.9 cm³/mol. The average molecular weight is 367 g/mol. The number of hydrogen-bond donors (Lipinski definition) is 3. The molecule has 2 fully saturated rings. The van der Waals surface area contributed by atoms with Crippen molar-refractivity contribution in [2.45, 2.75) is 36.6 Å². The van der Waals surface area contributed by atoms with Crippen molar-refractivity contribution in [2.75, 3.05) is 20.2 Å². The number of nitrogens with two attached hydrogens (primary N) is 1. The van der Waals surface area contributed by atoms with E-state index in [1.54, 1.807) is 0 Å². The number of amides is 1.